The van der Waals surface area contributed by atoms with Gasteiger partial charge in [0.2, 0.25) is 5.91 Å². The van der Waals surface area contributed by atoms with Gasteiger partial charge in [-0.1, -0.05) is 6.92 Å². The fraction of sp³-hybridized carbons (Fsp3) is 0.571. The fourth-order valence-corrected chi connectivity index (χ4v) is 2.28. The van der Waals surface area contributed by atoms with Gasteiger partial charge in [0.15, 0.2) is 0 Å². The molecule has 2 amide bonds. The maximum absolute atomic E-state index is 12.4. The van der Waals surface area contributed by atoms with E-state index >= 15 is 0 Å². The monoisotopic (exact) mass is 343 g/mol. The zero-order valence-electron chi connectivity index (χ0n) is 12.4. The molecule has 1 aromatic heterocycles. The predicted molar refractivity (Wildman–Crippen MR) is 82.8 cm³/mol. The van der Waals surface area contributed by atoms with Gasteiger partial charge >= 0.3 is 0 Å². The minimum absolute atomic E-state index is 0.0692. The summed E-state index contributed by atoms with van der Waals surface area (Å²) in [4.78, 5) is 25.5. The van der Waals surface area contributed by atoms with Gasteiger partial charge in [-0.2, -0.15) is 0 Å². The number of aromatic nitrogens is 1. The molecule has 0 saturated heterocycles. The lowest BCUT2D eigenvalue weighted by molar-refractivity contribution is -0.121. The second-order valence-electron chi connectivity index (χ2n) is 5.06. The molecule has 0 atom stereocenters. The minimum Gasteiger partial charge on any atom is -0.355 e. The van der Waals surface area contributed by atoms with E-state index in [0.29, 0.717) is 12.2 Å². The summed E-state index contributed by atoms with van der Waals surface area (Å²) in [7, 11) is 1.64. The van der Waals surface area contributed by atoms with E-state index in [1.54, 1.807) is 13.1 Å². The van der Waals surface area contributed by atoms with E-state index in [-0.39, 0.29) is 24.4 Å². The zero-order valence-corrected chi connectivity index (χ0v) is 14.0. The number of rotatable bonds is 6. The quantitative estimate of drug-likeness (QED) is 0.862. The highest BCUT2D eigenvalue weighted by atomic mass is 79.9. The molecule has 0 fully saturated rings. The first-order valence-electron chi connectivity index (χ1n) is 6.76. The summed E-state index contributed by atoms with van der Waals surface area (Å²) in [6, 6.07) is 1.96. The van der Waals surface area contributed by atoms with Crippen molar-refractivity contribution in [1.82, 2.24) is 14.8 Å². The van der Waals surface area contributed by atoms with Crippen LogP contribution in [0, 0.1) is 0 Å². The van der Waals surface area contributed by atoms with Crippen LogP contribution in [0.5, 0.6) is 0 Å². The highest BCUT2D eigenvalue weighted by Gasteiger charge is 2.20. The van der Waals surface area contributed by atoms with Crippen molar-refractivity contribution in [2.45, 2.75) is 33.2 Å². The Morgan fingerprint density at radius 3 is 2.65 bits per heavy atom. The Balaban J connectivity index is 2.76. The molecule has 0 spiro atoms. The maximum Gasteiger partial charge on any atom is 0.270 e. The molecular formula is C14H22BrN3O2. The molecule has 1 heterocycles. The lowest BCUT2D eigenvalue weighted by atomic mass is 10.3. The number of hydrogen-bond acceptors (Lipinski definition) is 2. The van der Waals surface area contributed by atoms with E-state index in [1.165, 1.54) is 4.90 Å². The van der Waals surface area contributed by atoms with Gasteiger partial charge in [0.05, 0.1) is 6.54 Å². The Morgan fingerprint density at radius 2 is 2.10 bits per heavy atom. The Kier molecular flexibility index (Phi) is 6.26. The SMILES string of the molecule is CCCNC(=O)CN(C)C(=O)c1cc(Br)cn1C(C)C. The average molecular weight is 344 g/mol. The zero-order chi connectivity index (χ0) is 15.3. The smallest absolute Gasteiger partial charge is 0.270 e. The molecule has 0 aliphatic carbocycles. The second-order valence-corrected chi connectivity index (χ2v) is 5.97. The van der Waals surface area contributed by atoms with Gasteiger partial charge < -0.3 is 14.8 Å². The standard InChI is InChI=1S/C14H22BrN3O2/c1-5-6-16-13(19)9-17(4)14(20)12-7-11(15)8-18(12)10(2)3/h7-8,10H,5-6,9H2,1-4H3,(H,16,19). The van der Waals surface area contributed by atoms with Crippen LogP contribution in [0.3, 0.4) is 0 Å². The van der Waals surface area contributed by atoms with Crippen molar-refractivity contribution < 1.29 is 9.59 Å². The largest absolute Gasteiger partial charge is 0.355 e. The van der Waals surface area contributed by atoms with Crippen LogP contribution < -0.4 is 5.32 Å². The van der Waals surface area contributed by atoms with Crippen molar-refractivity contribution in [3.05, 3.63) is 22.4 Å². The topological polar surface area (TPSA) is 54.3 Å². The van der Waals surface area contributed by atoms with E-state index in [4.69, 9.17) is 0 Å². The molecule has 0 radical (unpaired) electrons. The van der Waals surface area contributed by atoms with Gasteiger partial charge in [-0.3, -0.25) is 9.59 Å². The number of hydrogen-bond donors (Lipinski definition) is 1. The van der Waals surface area contributed by atoms with Crippen LogP contribution in [0.2, 0.25) is 0 Å². The molecule has 1 N–H and O–H groups in total. The van der Waals surface area contributed by atoms with Gasteiger partial charge in [0, 0.05) is 30.3 Å². The predicted octanol–water partition coefficient (Wildman–Crippen LogP) is 2.43. The molecule has 1 aromatic rings. The summed E-state index contributed by atoms with van der Waals surface area (Å²) in [5, 5.41) is 2.76. The maximum atomic E-state index is 12.4. The molecule has 20 heavy (non-hydrogen) atoms. The van der Waals surface area contributed by atoms with Crippen LogP contribution in [0.1, 0.15) is 43.7 Å². The van der Waals surface area contributed by atoms with E-state index in [0.717, 1.165) is 10.9 Å². The van der Waals surface area contributed by atoms with Crippen LogP contribution in [-0.4, -0.2) is 41.4 Å². The average Bonchev–Trinajstić information content (AvgIpc) is 2.77. The molecule has 6 heteroatoms. The van der Waals surface area contributed by atoms with Crippen LogP contribution in [-0.2, 0) is 4.79 Å². The highest BCUT2D eigenvalue weighted by molar-refractivity contribution is 9.10. The first-order chi connectivity index (χ1) is 9.36. The van der Waals surface area contributed by atoms with Gasteiger partial charge in [0.1, 0.15) is 5.69 Å². The lowest BCUT2D eigenvalue weighted by Crippen LogP contribution is -2.39. The highest BCUT2D eigenvalue weighted by Crippen LogP contribution is 2.20. The van der Waals surface area contributed by atoms with Gasteiger partial charge in [-0.05, 0) is 42.3 Å². The molecular weight excluding hydrogens is 322 g/mol. The third-order valence-corrected chi connectivity index (χ3v) is 3.32. The van der Waals surface area contributed by atoms with Gasteiger partial charge in [-0.25, -0.2) is 0 Å². The van der Waals surface area contributed by atoms with Crippen molar-refractivity contribution in [3.63, 3.8) is 0 Å². The summed E-state index contributed by atoms with van der Waals surface area (Å²) in [5.74, 6) is -0.291. The van der Waals surface area contributed by atoms with Crippen LogP contribution >= 0.6 is 15.9 Å². The van der Waals surface area contributed by atoms with Gasteiger partial charge in [-0.15, -0.1) is 0 Å². The Hall–Kier alpha value is -1.30. The summed E-state index contributed by atoms with van der Waals surface area (Å²) >= 11 is 3.38. The molecule has 1 rings (SSSR count). The fourth-order valence-electron chi connectivity index (χ4n) is 1.85. The normalized spacial score (nSPS) is 10.7. The summed E-state index contributed by atoms with van der Waals surface area (Å²) < 4.78 is 2.76. The Morgan fingerprint density at radius 1 is 1.45 bits per heavy atom. The number of nitrogens with zero attached hydrogens (tertiary/aromatic N) is 2. The van der Waals surface area contributed by atoms with E-state index < -0.39 is 0 Å². The second kappa shape index (κ2) is 7.47. The van der Waals surface area contributed by atoms with Crippen LogP contribution in [0.15, 0.2) is 16.7 Å². The third-order valence-electron chi connectivity index (χ3n) is 2.89. The summed E-state index contributed by atoms with van der Waals surface area (Å²) in [6.07, 6.45) is 2.76. The van der Waals surface area contributed by atoms with Crippen molar-refractivity contribution in [2.24, 2.45) is 0 Å². The van der Waals surface area contributed by atoms with E-state index in [1.807, 2.05) is 31.5 Å². The third kappa shape index (κ3) is 4.37. The number of amides is 2. The number of nitrogens with one attached hydrogen (secondary N) is 1. The first-order valence-corrected chi connectivity index (χ1v) is 7.55. The summed E-state index contributed by atoms with van der Waals surface area (Å²) in [5.41, 5.74) is 0.581. The first kappa shape index (κ1) is 16.8. The Labute approximate surface area is 128 Å². The van der Waals surface area contributed by atoms with Crippen LogP contribution in [0.4, 0.5) is 0 Å². The minimum atomic E-state index is -0.156. The van der Waals surface area contributed by atoms with Crippen LogP contribution in [0.25, 0.3) is 0 Å². The van der Waals surface area contributed by atoms with Crippen molar-refractivity contribution in [3.8, 4) is 0 Å². The molecule has 0 saturated carbocycles. The van der Waals surface area contributed by atoms with Crippen molar-refractivity contribution >= 4 is 27.7 Å². The number of halogens is 1. The van der Waals surface area contributed by atoms with E-state index in [2.05, 4.69) is 21.2 Å². The molecule has 0 aliphatic rings. The molecule has 0 bridgehead atoms. The molecule has 0 unspecified atom stereocenters. The molecule has 112 valence electrons. The number of carbonyl (C=O) groups excluding carboxylic acids is 2. The lowest BCUT2D eigenvalue weighted by Gasteiger charge is -2.19. The Bertz CT molecular complexity index is 483. The van der Waals surface area contributed by atoms with E-state index in [9.17, 15) is 9.59 Å². The van der Waals surface area contributed by atoms with Gasteiger partial charge in [0.25, 0.3) is 5.91 Å². The molecule has 0 aliphatic heterocycles. The number of carbonyl (C=O) groups is 2. The molecule has 5 nitrogen and oxygen atoms in total. The van der Waals surface area contributed by atoms with Crippen molar-refractivity contribution in [1.29, 1.82) is 0 Å². The molecule has 0 aromatic carbocycles. The van der Waals surface area contributed by atoms with Crippen molar-refractivity contribution in [2.75, 3.05) is 20.1 Å². The number of likely N-dealkylation sites (N-methyl/N-ethyl adjacent to an activating group) is 1. The summed E-state index contributed by atoms with van der Waals surface area (Å²) in [6.45, 7) is 6.71.